The number of H-pyrrole nitrogens is 1. The van der Waals surface area contributed by atoms with Gasteiger partial charge in [0.05, 0.1) is 5.56 Å². The van der Waals surface area contributed by atoms with E-state index in [0.29, 0.717) is 23.6 Å². The molecule has 0 unspecified atom stereocenters. The molecule has 21 heavy (non-hydrogen) atoms. The maximum atomic E-state index is 12.6. The fraction of sp³-hybridized carbons (Fsp3) is 0.333. The maximum absolute atomic E-state index is 12.6. The lowest BCUT2D eigenvalue weighted by Gasteiger charge is -2.25. The van der Waals surface area contributed by atoms with Crippen LogP contribution in [0.25, 0.3) is 11.1 Å². The van der Waals surface area contributed by atoms with Crippen molar-refractivity contribution in [2.75, 3.05) is 0 Å². The largest absolute Gasteiger partial charge is 0.329 e. The van der Waals surface area contributed by atoms with Crippen LogP contribution in [0.5, 0.6) is 0 Å². The number of hydrogen-bond acceptors (Lipinski definition) is 2. The fourth-order valence-corrected chi connectivity index (χ4v) is 3.21. The summed E-state index contributed by atoms with van der Waals surface area (Å²) in [5, 5.41) is 0.0907. The third-order valence-corrected chi connectivity index (χ3v) is 4.70. The molecule has 1 aromatic carbocycles. The summed E-state index contributed by atoms with van der Waals surface area (Å²) in [6.07, 6.45) is 3.31. The highest BCUT2D eigenvalue weighted by molar-refractivity contribution is 9.10. The van der Waals surface area contributed by atoms with Gasteiger partial charge in [-0.25, -0.2) is 4.79 Å². The highest BCUT2D eigenvalue weighted by Crippen LogP contribution is 2.28. The molecule has 0 aliphatic heterocycles. The summed E-state index contributed by atoms with van der Waals surface area (Å²) in [6, 6.07) is 7.32. The second-order valence-electron chi connectivity index (χ2n) is 5.34. The third-order valence-electron chi connectivity index (χ3n) is 3.92. The Hall–Kier alpha value is -1.33. The molecule has 0 saturated heterocycles. The van der Waals surface area contributed by atoms with Crippen LogP contribution in [0, 0.1) is 5.92 Å². The number of nitrogens with one attached hydrogen (secondary N) is 1. The Morgan fingerprint density at radius 3 is 2.71 bits per heavy atom. The van der Waals surface area contributed by atoms with Crippen LogP contribution in [0.2, 0.25) is 5.15 Å². The Bertz CT molecular complexity index is 793. The molecule has 1 aromatic heterocycles. The summed E-state index contributed by atoms with van der Waals surface area (Å²) in [4.78, 5) is 27.2. The van der Waals surface area contributed by atoms with Gasteiger partial charge in [-0.3, -0.25) is 14.3 Å². The first kappa shape index (κ1) is 14.6. The van der Waals surface area contributed by atoms with Gasteiger partial charge in [0.15, 0.2) is 0 Å². The quantitative estimate of drug-likeness (QED) is 0.843. The van der Waals surface area contributed by atoms with Crippen molar-refractivity contribution in [2.24, 2.45) is 5.92 Å². The smallest absolute Gasteiger partial charge is 0.297 e. The molecular weight excluding hydrogens is 356 g/mol. The lowest BCUT2D eigenvalue weighted by atomic mass is 9.85. The highest BCUT2D eigenvalue weighted by Gasteiger charge is 2.21. The van der Waals surface area contributed by atoms with Crippen molar-refractivity contribution < 1.29 is 0 Å². The van der Waals surface area contributed by atoms with E-state index in [4.69, 9.17) is 11.6 Å². The van der Waals surface area contributed by atoms with Crippen LogP contribution in [0.3, 0.4) is 0 Å². The predicted octanol–water partition coefficient (Wildman–Crippen LogP) is 3.42. The van der Waals surface area contributed by atoms with E-state index in [9.17, 15) is 9.59 Å². The number of halogens is 2. The molecule has 4 nitrogen and oxygen atoms in total. The van der Waals surface area contributed by atoms with Crippen molar-refractivity contribution in [3.8, 4) is 11.1 Å². The zero-order valence-corrected chi connectivity index (χ0v) is 13.6. The predicted molar refractivity (Wildman–Crippen MR) is 86.8 cm³/mol. The molecule has 0 radical (unpaired) electrons. The number of rotatable bonds is 3. The molecule has 0 atom stereocenters. The summed E-state index contributed by atoms with van der Waals surface area (Å²) in [7, 11) is 0. The summed E-state index contributed by atoms with van der Waals surface area (Å²) in [6.45, 7) is 0.465. The minimum atomic E-state index is -0.435. The van der Waals surface area contributed by atoms with Crippen molar-refractivity contribution in [3.63, 3.8) is 0 Å². The zero-order chi connectivity index (χ0) is 15.0. The van der Waals surface area contributed by atoms with Crippen molar-refractivity contribution >= 4 is 27.5 Å². The Balaban J connectivity index is 2.14. The minimum Gasteiger partial charge on any atom is -0.297 e. The van der Waals surface area contributed by atoms with Gasteiger partial charge in [0.25, 0.3) is 5.56 Å². The van der Waals surface area contributed by atoms with E-state index in [-0.39, 0.29) is 10.7 Å². The first-order chi connectivity index (χ1) is 10.1. The second kappa shape index (κ2) is 5.81. The second-order valence-corrected chi connectivity index (χ2v) is 6.64. The average Bonchev–Trinajstić information content (AvgIpc) is 2.36. The average molecular weight is 370 g/mol. The maximum Gasteiger partial charge on any atom is 0.329 e. The van der Waals surface area contributed by atoms with Crippen molar-refractivity contribution in [1.29, 1.82) is 0 Å². The first-order valence-corrected chi connectivity index (χ1v) is 8.02. The van der Waals surface area contributed by atoms with Gasteiger partial charge >= 0.3 is 5.69 Å². The van der Waals surface area contributed by atoms with E-state index >= 15 is 0 Å². The normalized spacial score (nSPS) is 15.0. The van der Waals surface area contributed by atoms with Gasteiger partial charge in [0.1, 0.15) is 5.15 Å². The van der Waals surface area contributed by atoms with Crippen molar-refractivity contribution in [3.05, 3.63) is 54.7 Å². The molecular formula is C15H14BrClN2O2. The molecule has 2 aromatic rings. The van der Waals surface area contributed by atoms with E-state index in [1.54, 1.807) is 6.07 Å². The van der Waals surface area contributed by atoms with Crippen molar-refractivity contribution in [1.82, 2.24) is 9.55 Å². The number of aromatic amines is 1. The fourth-order valence-electron chi connectivity index (χ4n) is 2.54. The highest BCUT2D eigenvalue weighted by atomic mass is 79.9. The van der Waals surface area contributed by atoms with Gasteiger partial charge in [-0.2, -0.15) is 0 Å². The van der Waals surface area contributed by atoms with Crippen LogP contribution in [0.15, 0.2) is 38.3 Å². The molecule has 3 rings (SSSR count). The monoisotopic (exact) mass is 368 g/mol. The number of benzene rings is 1. The molecule has 1 saturated carbocycles. The minimum absolute atomic E-state index is 0.0907. The van der Waals surface area contributed by atoms with E-state index in [1.165, 1.54) is 11.0 Å². The molecule has 1 N–H and O–H groups in total. The van der Waals surface area contributed by atoms with Crippen LogP contribution in [0.4, 0.5) is 0 Å². The summed E-state index contributed by atoms with van der Waals surface area (Å²) >= 11 is 9.47. The van der Waals surface area contributed by atoms with Crippen LogP contribution in [-0.4, -0.2) is 9.55 Å². The van der Waals surface area contributed by atoms with E-state index in [0.717, 1.165) is 17.3 Å². The molecule has 1 aliphatic carbocycles. The Morgan fingerprint density at radius 2 is 2.10 bits per heavy atom. The Kier molecular flexibility index (Phi) is 4.04. The lowest BCUT2D eigenvalue weighted by Crippen LogP contribution is -2.39. The lowest BCUT2D eigenvalue weighted by molar-refractivity contribution is 0.270. The third kappa shape index (κ3) is 2.85. The topological polar surface area (TPSA) is 54.9 Å². The summed E-state index contributed by atoms with van der Waals surface area (Å²) in [5.41, 5.74) is 0.277. The van der Waals surface area contributed by atoms with Gasteiger partial charge in [0, 0.05) is 11.0 Å². The van der Waals surface area contributed by atoms with Gasteiger partial charge < -0.3 is 0 Å². The standard InChI is InChI=1S/C15H14BrClN2O2/c16-11-6-2-5-10(7-11)12-13(17)18-15(21)19(14(12)20)8-9-3-1-4-9/h2,5-7,9H,1,3-4,8H2,(H,18,21). The van der Waals surface area contributed by atoms with Gasteiger partial charge in [0.2, 0.25) is 0 Å². The van der Waals surface area contributed by atoms with E-state index in [1.807, 2.05) is 18.2 Å². The van der Waals surface area contributed by atoms with Gasteiger partial charge in [-0.1, -0.05) is 46.1 Å². The molecule has 110 valence electrons. The molecule has 1 aliphatic rings. The summed E-state index contributed by atoms with van der Waals surface area (Å²) in [5.74, 6) is 0.417. The molecule has 1 heterocycles. The summed E-state index contributed by atoms with van der Waals surface area (Å²) < 4.78 is 2.12. The number of nitrogens with zero attached hydrogens (tertiary/aromatic N) is 1. The van der Waals surface area contributed by atoms with E-state index < -0.39 is 5.69 Å². The first-order valence-electron chi connectivity index (χ1n) is 6.85. The Labute approximate surface area is 134 Å². The Morgan fingerprint density at radius 1 is 1.33 bits per heavy atom. The van der Waals surface area contributed by atoms with Crippen LogP contribution >= 0.6 is 27.5 Å². The zero-order valence-electron chi connectivity index (χ0n) is 11.2. The van der Waals surface area contributed by atoms with Crippen LogP contribution in [0.1, 0.15) is 19.3 Å². The van der Waals surface area contributed by atoms with Crippen molar-refractivity contribution in [2.45, 2.75) is 25.8 Å². The number of aromatic nitrogens is 2. The van der Waals surface area contributed by atoms with Gasteiger partial charge in [-0.05, 0) is 36.5 Å². The van der Waals surface area contributed by atoms with Gasteiger partial charge in [-0.15, -0.1) is 0 Å². The van der Waals surface area contributed by atoms with Crippen LogP contribution in [-0.2, 0) is 6.54 Å². The number of hydrogen-bond donors (Lipinski definition) is 1. The van der Waals surface area contributed by atoms with Crippen LogP contribution < -0.4 is 11.2 Å². The molecule has 1 fully saturated rings. The molecule has 0 bridgehead atoms. The van der Waals surface area contributed by atoms with E-state index in [2.05, 4.69) is 20.9 Å². The molecule has 6 heteroatoms. The molecule has 0 amide bonds. The molecule has 0 spiro atoms. The SMILES string of the molecule is O=c1[nH]c(Cl)c(-c2cccc(Br)c2)c(=O)n1CC1CCC1.